The number of nitrogens with one attached hydrogen (secondary N) is 1. The first kappa shape index (κ1) is 16.7. The topological polar surface area (TPSA) is 50.9 Å². The van der Waals surface area contributed by atoms with Crippen molar-refractivity contribution < 1.29 is 0 Å². The maximum Gasteiger partial charge on any atom is 0.0468 e. The predicted molar refractivity (Wildman–Crippen MR) is 101 cm³/mol. The largest absolute Gasteiger partial charge is 0.398 e. The molecule has 1 aliphatic heterocycles. The van der Waals surface area contributed by atoms with Gasteiger partial charge < -0.3 is 11.1 Å². The van der Waals surface area contributed by atoms with Crippen molar-refractivity contribution in [3.63, 3.8) is 0 Å². The first-order valence-electron chi connectivity index (χ1n) is 8.76. The first-order chi connectivity index (χ1) is 11.5. The van der Waals surface area contributed by atoms with Crippen LogP contribution in [0.25, 0.3) is 5.70 Å². The van der Waals surface area contributed by atoms with Crippen LogP contribution in [0.3, 0.4) is 0 Å². The number of hydrogen-bond donors (Lipinski definition) is 2. The molecule has 0 saturated carbocycles. The summed E-state index contributed by atoms with van der Waals surface area (Å²) in [5.74, 6) is 0. The Kier molecular flexibility index (Phi) is 5.00. The van der Waals surface area contributed by atoms with Gasteiger partial charge in [-0.1, -0.05) is 18.2 Å². The second-order valence-electron chi connectivity index (χ2n) is 6.81. The van der Waals surface area contributed by atoms with Gasteiger partial charge >= 0.3 is 0 Å². The van der Waals surface area contributed by atoms with Gasteiger partial charge in [0.2, 0.25) is 0 Å². The van der Waals surface area contributed by atoms with Crippen LogP contribution in [0.4, 0.5) is 0 Å². The standard InChI is InChI=1S/C21H27N3/c1-14(21(22)20-9-5-15(2)24-16(20)3)4-6-17-7-8-18-10-11-23-13-19(18)12-17/h5,7-9,12,23H,4,6,10-11,13,22H2,1-3H3/b21-14-. The van der Waals surface area contributed by atoms with E-state index < -0.39 is 0 Å². The van der Waals surface area contributed by atoms with E-state index in [4.69, 9.17) is 5.73 Å². The zero-order chi connectivity index (χ0) is 17.1. The summed E-state index contributed by atoms with van der Waals surface area (Å²) in [6.45, 7) is 8.26. The van der Waals surface area contributed by atoms with Crippen LogP contribution in [0, 0.1) is 13.8 Å². The Bertz CT molecular complexity index is 775. The van der Waals surface area contributed by atoms with Gasteiger partial charge in [-0.05, 0) is 81.0 Å². The minimum absolute atomic E-state index is 0.875. The fraction of sp³-hybridized carbons (Fsp3) is 0.381. The Morgan fingerprint density at radius 2 is 2.00 bits per heavy atom. The molecule has 24 heavy (non-hydrogen) atoms. The van der Waals surface area contributed by atoms with E-state index in [2.05, 4.69) is 41.5 Å². The summed E-state index contributed by atoms with van der Waals surface area (Å²) in [6, 6.07) is 11.0. The lowest BCUT2D eigenvalue weighted by atomic mass is 9.95. The lowest BCUT2D eigenvalue weighted by Crippen LogP contribution is -2.23. The number of rotatable bonds is 4. The average molecular weight is 321 g/mol. The van der Waals surface area contributed by atoms with Crippen molar-refractivity contribution in [1.29, 1.82) is 0 Å². The molecule has 0 atom stereocenters. The molecule has 0 spiro atoms. The Morgan fingerprint density at radius 3 is 2.79 bits per heavy atom. The van der Waals surface area contributed by atoms with E-state index in [0.29, 0.717) is 0 Å². The zero-order valence-electron chi connectivity index (χ0n) is 14.9. The Labute approximate surface area is 145 Å². The number of fused-ring (bicyclic) bond motifs is 1. The van der Waals surface area contributed by atoms with Crippen LogP contribution in [0.1, 0.15) is 47.0 Å². The van der Waals surface area contributed by atoms with E-state index in [0.717, 1.165) is 55.0 Å². The van der Waals surface area contributed by atoms with Gasteiger partial charge in [-0.15, -0.1) is 0 Å². The molecule has 0 bridgehead atoms. The number of aryl methyl sites for hydroxylation is 3. The molecule has 2 heterocycles. The lowest BCUT2D eigenvalue weighted by molar-refractivity contribution is 0.642. The van der Waals surface area contributed by atoms with Crippen molar-refractivity contribution in [1.82, 2.24) is 10.3 Å². The molecular weight excluding hydrogens is 294 g/mol. The second-order valence-corrected chi connectivity index (χ2v) is 6.81. The first-order valence-corrected chi connectivity index (χ1v) is 8.76. The van der Waals surface area contributed by atoms with Gasteiger partial charge in [0.25, 0.3) is 0 Å². The molecule has 0 amide bonds. The van der Waals surface area contributed by atoms with Crippen molar-refractivity contribution in [3.05, 3.63) is 69.5 Å². The van der Waals surface area contributed by atoms with Gasteiger partial charge in [-0.25, -0.2) is 0 Å². The highest BCUT2D eigenvalue weighted by molar-refractivity contribution is 5.67. The highest BCUT2D eigenvalue weighted by Crippen LogP contribution is 2.22. The summed E-state index contributed by atoms with van der Waals surface area (Å²) in [4.78, 5) is 4.52. The zero-order valence-corrected chi connectivity index (χ0v) is 14.9. The molecule has 3 nitrogen and oxygen atoms in total. The van der Waals surface area contributed by atoms with E-state index in [9.17, 15) is 0 Å². The van der Waals surface area contributed by atoms with Gasteiger partial charge in [0.05, 0.1) is 0 Å². The van der Waals surface area contributed by atoms with E-state index >= 15 is 0 Å². The van der Waals surface area contributed by atoms with E-state index in [-0.39, 0.29) is 0 Å². The Hall–Kier alpha value is -2.13. The second kappa shape index (κ2) is 7.18. The summed E-state index contributed by atoms with van der Waals surface area (Å²) in [5, 5.41) is 3.45. The van der Waals surface area contributed by atoms with Crippen molar-refractivity contribution in [3.8, 4) is 0 Å². The summed E-state index contributed by atoms with van der Waals surface area (Å²) in [7, 11) is 0. The number of nitrogens with zero attached hydrogens (tertiary/aromatic N) is 1. The molecule has 1 aliphatic rings. The summed E-state index contributed by atoms with van der Waals surface area (Å²) < 4.78 is 0. The molecule has 0 saturated heterocycles. The number of benzene rings is 1. The Balaban J connectivity index is 1.73. The van der Waals surface area contributed by atoms with Gasteiger partial charge in [0.15, 0.2) is 0 Å². The summed E-state index contributed by atoms with van der Waals surface area (Å²) in [6.07, 6.45) is 3.14. The van der Waals surface area contributed by atoms with Gasteiger partial charge in [-0.2, -0.15) is 0 Å². The van der Waals surface area contributed by atoms with Gasteiger partial charge in [0, 0.05) is 29.2 Å². The van der Waals surface area contributed by atoms with Crippen LogP contribution in [-0.4, -0.2) is 11.5 Å². The third-order valence-corrected chi connectivity index (χ3v) is 4.92. The van der Waals surface area contributed by atoms with Crippen molar-refractivity contribution >= 4 is 5.70 Å². The predicted octanol–water partition coefficient (Wildman–Crippen LogP) is 3.67. The van der Waals surface area contributed by atoms with Gasteiger partial charge in [0.1, 0.15) is 0 Å². The molecule has 3 rings (SSSR count). The van der Waals surface area contributed by atoms with Crippen molar-refractivity contribution in [2.75, 3.05) is 6.54 Å². The lowest BCUT2D eigenvalue weighted by Gasteiger charge is -2.18. The molecule has 3 heteroatoms. The van der Waals surface area contributed by atoms with Crippen molar-refractivity contribution in [2.45, 2.75) is 46.6 Å². The van der Waals surface area contributed by atoms with Crippen LogP contribution < -0.4 is 11.1 Å². The quantitative estimate of drug-likeness (QED) is 0.903. The SMILES string of the molecule is C/C(CCc1ccc2c(c1)CNCC2)=C(/N)c1ccc(C)nc1C. The van der Waals surface area contributed by atoms with Crippen LogP contribution in [0.5, 0.6) is 0 Å². The molecule has 0 fully saturated rings. The molecular formula is C21H27N3. The normalized spacial score (nSPS) is 15.0. The minimum atomic E-state index is 0.875. The number of nitrogens with two attached hydrogens (primary N) is 1. The van der Waals surface area contributed by atoms with Crippen LogP contribution >= 0.6 is 0 Å². The molecule has 0 aliphatic carbocycles. The fourth-order valence-electron chi connectivity index (χ4n) is 3.36. The maximum atomic E-state index is 6.39. The highest BCUT2D eigenvalue weighted by Gasteiger charge is 2.10. The fourth-order valence-corrected chi connectivity index (χ4v) is 3.36. The number of pyridine rings is 1. The molecule has 126 valence electrons. The summed E-state index contributed by atoms with van der Waals surface area (Å²) >= 11 is 0. The smallest absolute Gasteiger partial charge is 0.0468 e. The number of allylic oxidation sites excluding steroid dienone is 1. The number of aromatic nitrogens is 1. The van der Waals surface area contributed by atoms with Crippen LogP contribution in [0.2, 0.25) is 0 Å². The highest BCUT2D eigenvalue weighted by atomic mass is 14.9. The third kappa shape index (κ3) is 3.68. The van der Waals surface area contributed by atoms with Crippen LogP contribution in [0.15, 0.2) is 35.9 Å². The molecule has 0 unspecified atom stereocenters. The van der Waals surface area contributed by atoms with Crippen LogP contribution in [-0.2, 0) is 19.4 Å². The number of hydrogen-bond acceptors (Lipinski definition) is 3. The van der Waals surface area contributed by atoms with E-state index in [1.54, 1.807) is 0 Å². The van der Waals surface area contributed by atoms with Crippen molar-refractivity contribution in [2.24, 2.45) is 5.73 Å². The molecule has 3 N–H and O–H groups in total. The van der Waals surface area contributed by atoms with E-state index in [1.165, 1.54) is 22.3 Å². The molecule has 2 aromatic rings. The van der Waals surface area contributed by atoms with E-state index in [1.807, 2.05) is 19.9 Å². The molecule has 1 aromatic carbocycles. The molecule has 1 aromatic heterocycles. The maximum absolute atomic E-state index is 6.39. The van der Waals surface area contributed by atoms with Gasteiger partial charge in [-0.3, -0.25) is 4.98 Å². The Morgan fingerprint density at radius 1 is 1.17 bits per heavy atom. The average Bonchev–Trinajstić information content (AvgIpc) is 2.59. The summed E-state index contributed by atoms with van der Waals surface area (Å²) in [5.41, 5.74) is 15.9. The minimum Gasteiger partial charge on any atom is -0.398 e. The third-order valence-electron chi connectivity index (χ3n) is 4.92. The monoisotopic (exact) mass is 321 g/mol. The molecule has 0 radical (unpaired) electrons.